The normalized spacial score (nSPS) is 11.3. The van der Waals surface area contributed by atoms with Crippen molar-refractivity contribution in [1.29, 1.82) is 0 Å². The number of furan rings is 1. The number of carboxylic acids is 1. The molecule has 2 aromatic carbocycles. The van der Waals surface area contributed by atoms with Crippen molar-refractivity contribution >= 4 is 27.8 Å². The summed E-state index contributed by atoms with van der Waals surface area (Å²) in [4.78, 5) is 16.7. The van der Waals surface area contributed by atoms with E-state index in [4.69, 9.17) is 14.1 Å². The highest BCUT2D eigenvalue weighted by molar-refractivity contribution is 6.06. The molecule has 0 saturated heterocycles. The van der Waals surface area contributed by atoms with Crippen molar-refractivity contribution in [2.45, 2.75) is 20.8 Å². The van der Waals surface area contributed by atoms with Crippen molar-refractivity contribution in [3.63, 3.8) is 0 Å². The van der Waals surface area contributed by atoms with Gasteiger partial charge >= 0.3 is 5.97 Å². The number of hydrogen-bond acceptors (Lipinski definition) is 4. The van der Waals surface area contributed by atoms with Crippen LogP contribution in [0.1, 0.15) is 27.0 Å². The first-order chi connectivity index (χ1) is 12.9. The molecule has 27 heavy (non-hydrogen) atoms. The van der Waals surface area contributed by atoms with E-state index in [-0.39, 0.29) is 5.56 Å². The molecule has 5 heteroatoms. The van der Waals surface area contributed by atoms with E-state index in [0.29, 0.717) is 33.7 Å². The summed E-state index contributed by atoms with van der Waals surface area (Å²) in [5.74, 6) is 0.205. The van der Waals surface area contributed by atoms with Crippen LogP contribution < -0.4 is 4.74 Å². The maximum atomic E-state index is 11.9. The topological polar surface area (TPSA) is 72.6 Å². The van der Waals surface area contributed by atoms with Crippen LogP contribution >= 0.6 is 0 Å². The molecule has 0 aliphatic carbocycles. The highest BCUT2D eigenvalue weighted by atomic mass is 16.5. The van der Waals surface area contributed by atoms with Crippen molar-refractivity contribution in [1.82, 2.24) is 4.98 Å². The van der Waals surface area contributed by atoms with Gasteiger partial charge in [-0.2, -0.15) is 0 Å². The van der Waals surface area contributed by atoms with Crippen LogP contribution in [0.2, 0.25) is 0 Å². The summed E-state index contributed by atoms with van der Waals surface area (Å²) >= 11 is 0. The fourth-order valence-corrected chi connectivity index (χ4v) is 3.55. The Hall–Kier alpha value is -3.34. The van der Waals surface area contributed by atoms with Crippen LogP contribution in [0.15, 0.2) is 40.8 Å². The minimum Gasteiger partial charge on any atom is -0.493 e. The Bertz CT molecular complexity index is 1220. The highest BCUT2D eigenvalue weighted by Gasteiger charge is 2.21. The molecular formula is C22H19NO4. The second-order valence-corrected chi connectivity index (χ2v) is 6.68. The lowest BCUT2D eigenvalue weighted by Gasteiger charge is -2.10. The number of methoxy groups -OCH3 is 1. The molecule has 5 nitrogen and oxygen atoms in total. The number of carboxylic acid groups (broad SMARTS) is 1. The molecule has 0 saturated carbocycles. The number of benzene rings is 2. The zero-order valence-corrected chi connectivity index (χ0v) is 15.6. The summed E-state index contributed by atoms with van der Waals surface area (Å²) in [7, 11) is 1.59. The molecule has 1 N–H and O–H groups in total. The quantitative estimate of drug-likeness (QED) is 0.537. The molecule has 0 bridgehead atoms. The van der Waals surface area contributed by atoms with E-state index in [0.717, 1.165) is 22.1 Å². The first kappa shape index (κ1) is 17.1. The number of fused-ring (bicyclic) bond motifs is 2. The van der Waals surface area contributed by atoms with E-state index >= 15 is 0 Å². The maximum absolute atomic E-state index is 11.9. The molecule has 2 aromatic heterocycles. The van der Waals surface area contributed by atoms with Gasteiger partial charge < -0.3 is 14.3 Å². The maximum Gasteiger partial charge on any atom is 0.336 e. The molecule has 2 heterocycles. The van der Waals surface area contributed by atoms with E-state index in [2.05, 4.69) is 0 Å². The summed E-state index contributed by atoms with van der Waals surface area (Å²) < 4.78 is 11.5. The second-order valence-electron chi connectivity index (χ2n) is 6.68. The lowest BCUT2D eigenvalue weighted by Crippen LogP contribution is -2.02. The largest absolute Gasteiger partial charge is 0.493 e. The fourth-order valence-electron chi connectivity index (χ4n) is 3.55. The number of rotatable bonds is 3. The number of aryl methyl sites for hydroxylation is 3. The minimum absolute atomic E-state index is 0.225. The Kier molecular flexibility index (Phi) is 3.88. The molecule has 0 aliphatic rings. The van der Waals surface area contributed by atoms with Gasteiger partial charge in [-0.25, -0.2) is 9.78 Å². The Morgan fingerprint density at radius 1 is 1.11 bits per heavy atom. The standard InChI is InChI=1S/C22H19NO4/c1-11-8-9-12(2)19-18(11)15(22(24)25)10-16(23-19)20-13(3)14-6-5-7-17(26-4)21(14)27-20/h5-10H,1-4H3,(H,24,25). The van der Waals surface area contributed by atoms with Gasteiger partial charge in [-0.15, -0.1) is 0 Å². The summed E-state index contributed by atoms with van der Waals surface area (Å²) in [5, 5.41) is 11.4. The monoisotopic (exact) mass is 361 g/mol. The summed E-state index contributed by atoms with van der Waals surface area (Å²) in [6, 6.07) is 11.1. The Morgan fingerprint density at radius 3 is 2.56 bits per heavy atom. The van der Waals surface area contributed by atoms with Gasteiger partial charge in [-0.1, -0.05) is 24.3 Å². The molecule has 0 amide bonds. The third-order valence-corrected chi connectivity index (χ3v) is 4.98. The van der Waals surface area contributed by atoms with E-state index in [1.807, 2.05) is 51.1 Å². The van der Waals surface area contributed by atoms with Crippen LogP contribution in [-0.4, -0.2) is 23.2 Å². The van der Waals surface area contributed by atoms with Crippen LogP contribution in [0, 0.1) is 20.8 Å². The van der Waals surface area contributed by atoms with Gasteiger partial charge in [0, 0.05) is 16.3 Å². The van der Waals surface area contributed by atoms with E-state index in [1.54, 1.807) is 13.2 Å². The molecule has 136 valence electrons. The van der Waals surface area contributed by atoms with E-state index in [9.17, 15) is 9.90 Å². The molecule has 0 aliphatic heterocycles. The van der Waals surface area contributed by atoms with Crippen molar-refractivity contribution in [2.75, 3.05) is 7.11 Å². The average molecular weight is 361 g/mol. The van der Waals surface area contributed by atoms with Crippen molar-refractivity contribution in [3.05, 3.63) is 58.7 Å². The highest BCUT2D eigenvalue weighted by Crippen LogP contribution is 2.38. The third kappa shape index (κ3) is 2.54. The predicted molar refractivity (Wildman–Crippen MR) is 105 cm³/mol. The molecule has 0 unspecified atom stereocenters. The number of nitrogens with zero attached hydrogens (tertiary/aromatic N) is 1. The lowest BCUT2D eigenvalue weighted by molar-refractivity contribution is 0.0699. The molecule has 0 spiro atoms. The fraction of sp³-hybridized carbons (Fsp3) is 0.182. The van der Waals surface area contributed by atoms with E-state index in [1.165, 1.54) is 0 Å². The van der Waals surface area contributed by atoms with Crippen LogP contribution in [0.5, 0.6) is 5.75 Å². The van der Waals surface area contributed by atoms with Gasteiger partial charge in [0.1, 0.15) is 5.69 Å². The van der Waals surface area contributed by atoms with Gasteiger partial charge in [0.05, 0.1) is 18.2 Å². The molecule has 0 radical (unpaired) electrons. The van der Waals surface area contributed by atoms with Gasteiger partial charge in [0.2, 0.25) is 0 Å². The number of pyridine rings is 1. The number of aromatic carboxylic acids is 1. The zero-order chi connectivity index (χ0) is 19.3. The van der Waals surface area contributed by atoms with Crippen LogP contribution in [0.4, 0.5) is 0 Å². The average Bonchev–Trinajstić information content (AvgIpc) is 3.01. The summed E-state index contributed by atoms with van der Waals surface area (Å²) in [5.41, 5.74) is 4.75. The van der Waals surface area contributed by atoms with Crippen LogP contribution in [0.25, 0.3) is 33.3 Å². The van der Waals surface area contributed by atoms with Crippen LogP contribution in [0.3, 0.4) is 0 Å². The molecule has 4 rings (SSSR count). The number of ether oxygens (including phenoxy) is 1. The number of aromatic nitrogens is 1. The first-order valence-electron chi connectivity index (χ1n) is 8.63. The van der Waals surface area contributed by atoms with Gasteiger partial charge in [-0.3, -0.25) is 0 Å². The molecule has 4 aromatic rings. The SMILES string of the molecule is COc1cccc2c(C)c(-c3cc(C(=O)O)c4c(C)ccc(C)c4n3)oc12. The first-order valence-corrected chi connectivity index (χ1v) is 8.63. The molecular weight excluding hydrogens is 342 g/mol. The van der Waals surface area contributed by atoms with E-state index < -0.39 is 5.97 Å². The second kappa shape index (κ2) is 6.13. The Morgan fingerprint density at radius 2 is 1.85 bits per heavy atom. The third-order valence-electron chi connectivity index (χ3n) is 4.98. The zero-order valence-electron chi connectivity index (χ0n) is 15.6. The van der Waals surface area contributed by atoms with Gasteiger partial charge in [-0.05, 0) is 44.0 Å². The van der Waals surface area contributed by atoms with Crippen molar-refractivity contribution in [2.24, 2.45) is 0 Å². The number of carbonyl (C=O) groups is 1. The minimum atomic E-state index is -0.983. The molecule has 0 fully saturated rings. The Labute approximate surface area is 156 Å². The van der Waals surface area contributed by atoms with Crippen molar-refractivity contribution < 1.29 is 19.1 Å². The van der Waals surface area contributed by atoms with Gasteiger partial charge in [0.15, 0.2) is 17.1 Å². The summed E-state index contributed by atoms with van der Waals surface area (Å²) in [6.45, 7) is 5.77. The van der Waals surface area contributed by atoms with Crippen LogP contribution in [-0.2, 0) is 0 Å². The molecule has 0 atom stereocenters. The summed E-state index contributed by atoms with van der Waals surface area (Å²) in [6.07, 6.45) is 0. The number of hydrogen-bond donors (Lipinski definition) is 1. The van der Waals surface area contributed by atoms with Crippen molar-refractivity contribution in [3.8, 4) is 17.2 Å². The smallest absolute Gasteiger partial charge is 0.336 e. The van der Waals surface area contributed by atoms with Gasteiger partial charge in [0.25, 0.3) is 0 Å². The Balaban J connectivity index is 2.09. The predicted octanol–water partition coefficient (Wildman–Crippen LogP) is 5.28. The lowest BCUT2D eigenvalue weighted by atomic mass is 9.99. The number of para-hydroxylation sites is 1.